The van der Waals surface area contributed by atoms with Crippen LogP contribution in [0.4, 0.5) is 0 Å². The van der Waals surface area contributed by atoms with Gasteiger partial charge in [0.1, 0.15) is 5.01 Å². The Hall–Kier alpha value is -2.35. The zero-order chi connectivity index (χ0) is 18.2. The van der Waals surface area contributed by atoms with E-state index in [1.807, 2.05) is 36.4 Å². The minimum atomic E-state index is 0.307. The third-order valence-electron chi connectivity index (χ3n) is 4.90. The summed E-state index contributed by atoms with van der Waals surface area (Å²) in [7, 11) is 0. The summed E-state index contributed by atoms with van der Waals surface area (Å²) >= 11 is 7.19. The maximum Gasteiger partial charge on any atom is 0.288 e. The Labute approximate surface area is 165 Å². The number of likely N-dealkylation sites (tertiary alicyclic amines) is 1. The molecule has 27 heavy (non-hydrogen) atoms. The fourth-order valence-corrected chi connectivity index (χ4v) is 4.89. The molecule has 2 aromatic carbocycles. The Morgan fingerprint density at radius 1 is 1.11 bits per heavy atom. The van der Waals surface area contributed by atoms with Gasteiger partial charge < -0.3 is 4.42 Å². The molecule has 3 heterocycles. The second kappa shape index (κ2) is 6.99. The van der Waals surface area contributed by atoms with Crippen molar-refractivity contribution in [3.8, 4) is 11.5 Å². The van der Waals surface area contributed by atoms with Gasteiger partial charge in [0.15, 0.2) is 0 Å². The summed E-state index contributed by atoms with van der Waals surface area (Å²) in [4.78, 5) is 7.66. The van der Waals surface area contributed by atoms with Crippen LogP contribution < -0.4 is 0 Å². The normalized spacial score (nSPS) is 17.7. The predicted octanol–water partition coefficient (Wildman–Crippen LogP) is 5.28. The summed E-state index contributed by atoms with van der Waals surface area (Å²) in [6, 6.07) is 18.5. The van der Waals surface area contributed by atoms with Crippen molar-refractivity contribution in [2.45, 2.75) is 25.6 Å². The fraction of sp³-hybridized carbons (Fsp3) is 0.250. The first-order chi connectivity index (χ1) is 13.3. The number of fused-ring (bicyclic) bond motifs is 1. The van der Waals surface area contributed by atoms with Gasteiger partial charge >= 0.3 is 0 Å². The summed E-state index contributed by atoms with van der Waals surface area (Å²) in [5.41, 5.74) is 2.01. The maximum absolute atomic E-state index is 5.73. The van der Waals surface area contributed by atoms with Crippen LogP contribution in [0.1, 0.15) is 23.9 Å². The highest BCUT2D eigenvalue weighted by molar-refractivity contribution is 7.71. The third-order valence-corrected chi connectivity index (χ3v) is 6.33. The van der Waals surface area contributed by atoms with E-state index in [-0.39, 0.29) is 0 Å². The Kier molecular flexibility index (Phi) is 4.35. The lowest BCUT2D eigenvalue weighted by molar-refractivity contribution is 0.187. The summed E-state index contributed by atoms with van der Waals surface area (Å²) < 4.78 is 8.75. The van der Waals surface area contributed by atoms with E-state index in [2.05, 4.69) is 28.2 Å². The lowest BCUT2D eigenvalue weighted by Crippen LogP contribution is -2.26. The molecular formula is C20H18N4OS2. The predicted molar refractivity (Wildman–Crippen MR) is 109 cm³/mol. The molecule has 1 aliphatic heterocycles. The lowest BCUT2D eigenvalue weighted by Gasteiger charge is -2.21. The molecule has 0 amide bonds. The molecule has 136 valence electrons. The molecule has 0 N–H and O–H groups in total. The van der Waals surface area contributed by atoms with Crippen LogP contribution in [0.15, 0.2) is 59.0 Å². The Morgan fingerprint density at radius 3 is 2.78 bits per heavy atom. The summed E-state index contributed by atoms with van der Waals surface area (Å²) in [6.45, 7) is 1.63. The Morgan fingerprint density at radius 2 is 1.93 bits per heavy atom. The molecule has 5 nitrogen and oxygen atoms in total. The molecule has 1 fully saturated rings. The van der Waals surface area contributed by atoms with Crippen molar-refractivity contribution in [2.75, 3.05) is 6.54 Å². The van der Waals surface area contributed by atoms with Crippen molar-refractivity contribution in [1.82, 2.24) is 19.7 Å². The first-order valence-electron chi connectivity index (χ1n) is 9.01. The van der Waals surface area contributed by atoms with Gasteiger partial charge in [-0.05, 0) is 49.3 Å². The number of aromatic nitrogens is 3. The first kappa shape index (κ1) is 16.8. The highest BCUT2D eigenvalue weighted by Crippen LogP contribution is 2.36. The van der Waals surface area contributed by atoms with Gasteiger partial charge in [0.05, 0.1) is 22.9 Å². The van der Waals surface area contributed by atoms with Crippen LogP contribution in [0, 0.1) is 4.84 Å². The number of para-hydroxylation sites is 1. The van der Waals surface area contributed by atoms with Crippen LogP contribution >= 0.6 is 23.6 Å². The van der Waals surface area contributed by atoms with Crippen molar-refractivity contribution >= 4 is 33.8 Å². The number of benzene rings is 2. The van der Waals surface area contributed by atoms with E-state index < -0.39 is 0 Å². The number of rotatable bonds is 4. The highest BCUT2D eigenvalue weighted by atomic mass is 32.1. The number of thiazole rings is 1. The van der Waals surface area contributed by atoms with E-state index in [4.69, 9.17) is 21.6 Å². The molecule has 1 atom stereocenters. The van der Waals surface area contributed by atoms with Crippen molar-refractivity contribution in [3.05, 3.63) is 64.4 Å². The fourth-order valence-electron chi connectivity index (χ4n) is 3.57. The van der Waals surface area contributed by atoms with Crippen molar-refractivity contribution < 1.29 is 4.42 Å². The Balaban J connectivity index is 1.41. The SMILES string of the molecule is S=c1oc(-c2ccccc2)nn1CN1CCC[C@H]1c1nc2ccccc2s1. The van der Waals surface area contributed by atoms with Gasteiger partial charge in [-0.2, -0.15) is 0 Å². The molecule has 7 heteroatoms. The van der Waals surface area contributed by atoms with Crippen molar-refractivity contribution in [3.63, 3.8) is 0 Å². The van der Waals surface area contributed by atoms with E-state index in [0.717, 1.165) is 30.5 Å². The summed E-state index contributed by atoms with van der Waals surface area (Å²) in [5, 5.41) is 5.77. The number of nitrogens with zero attached hydrogens (tertiary/aromatic N) is 4. The minimum absolute atomic E-state index is 0.307. The van der Waals surface area contributed by atoms with Gasteiger partial charge in [-0.3, -0.25) is 4.90 Å². The van der Waals surface area contributed by atoms with Gasteiger partial charge in [-0.25, -0.2) is 9.67 Å². The molecule has 4 aromatic rings. The topological polar surface area (TPSA) is 47.1 Å². The first-order valence-corrected chi connectivity index (χ1v) is 10.2. The van der Waals surface area contributed by atoms with Gasteiger partial charge in [0, 0.05) is 12.1 Å². The number of hydrogen-bond donors (Lipinski definition) is 0. The molecule has 5 rings (SSSR count). The largest absolute Gasteiger partial charge is 0.409 e. The van der Waals surface area contributed by atoms with Crippen LogP contribution in [0.3, 0.4) is 0 Å². The second-order valence-corrected chi connectivity index (χ2v) is 8.08. The van der Waals surface area contributed by atoms with E-state index in [1.165, 1.54) is 9.71 Å². The molecule has 0 unspecified atom stereocenters. The van der Waals surface area contributed by atoms with E-state index >= 15 is 0 Å². The average Bonchev–Trinajstić information content (AvgIpc) is 3.41. The minimum Gasteiger partial charge on any atom is -0.409 e. The maximum atomic E-state index is 5.73. The molecule has 0 bridgehead atoms. The molecule has 1 saturated heterocycles. The van der Waals surface area contributed by atoms with Gasteiger partial charge in [0.25, 0.3) is 4.84 Å². The molecule has 0 spiro atoms. The molecule has 0 aliphatic carbocycles. The average molecular weight is 395 g/mol. The van der Waals surface area contributed by atoms with Gasteiger partial charge in [0.2, 0.25) is 5.89 Å². The van der Waals surface area contributed by atoms with Crippen LogP contribution in [-0.4, -0.2) is 26.2 Å². The molecule has 0 radical (unpaired) electrons. The van der Waals surface area contributed by atoms with Gasteiger partial charge in [-0.15, -0.1) is 16.4 Å². The smallest absolute Gasteiger partial charge is 0.288 e. The van der Waals surface area contributed by atoms with E-state index in [1.54, 1.807) is 16.0 Å². The third kappa shape index (κ3) is 3.22. The monoisotopic (exact) mass is 394 g/mol. The molecule has 1 aliphatic rings. The van der Waals surface area contributed by atoms with E-state index in [0.29, 0.717) is 23.4 Å². The molecule has 2 aromatic heterocycles. The van der Waals surface area contributed by atoms with Crippen LogP contribution in [-0.2, 0) is 6.67 Å². The van der Waals surface area contributed by atoms with Crippen molar-refractivity contribution in [1.29, 1.82) is 0 Å². The highest BCUT2D eigenvalue weighted by Gasteiger charge is 2.29. The standard InChI is InChI=1S/C20H18N4OS2/c26-20-24(22-18(25-20)14-7-2-1-3-8-14)13-23-12-6-10-16(23)19-21-15-9-4-5-11-17(15)27-19/h1-5,7-9,11,16H,6,10,12-13H2/t16-/m0/s1. The zero-order valence-corrected chi connectivity index (χ0v) is 16.2. The Bertz CT molecular complexity index is 1100. The molecule has 0 saturated carbocycles. The molecular weight excluding hydrogens is 376 g/mol. The van der Waals surface area contributed by atoms with Crippen molar-refractivity contribution in [2.24, 2.45) is 0 Å². The second-order valence-electron chi connectivity index (χ2n) is 6.67. The zero-order valence-electron chi connectivity index (χ0n) is 14.6. The number of hydrogen-bond acceptors (Lipinski definition) is 6. The summed E-state index contributed by atoms with van der Waals surface area (Å²) in [5.74, 6) is 0.566. The van der Waals surface area contributed by atoms with Gasteiger partial charge in [-0.1, -0.05) is 30.3 Å². The van der Waals surface area contributed by atoms with Crippen LogP contribution in [0.25, 0.3) is 21.7 Å². The quantitative estimate of drug-likeness (QED) is 0.441. The summed E-state index contributed by atoms with van der Waals surface area (Å²) in [6.07, 6.45) is 2.26. The van der Waals surface area contributed by atoms with Crippen LogP contribution in [0.5, 0.6) is 0 Å². The van der Waals surface area contributed by atoms with Crippen LogP contribution in [0.2, 0.25) is 0 Å². The lowest BCUT2D eigenvalue weighted by atomic mass is 10.2. The van der Waals surface area contributed by atoms with E-state index in [9.17, 15) is 0 Å².